The van der Waals surface area contributed by atoms with E-state index in [4.69, 9.17) is 28.4 Å². The van der Waals surface area contributed by atoms with Gasteiger partial charge in [0.05, 0.1) is 6.61 Å². The van der Waals surface area contributed by atoms with Crippen LogP contribution in [0.5, 0.6) is 0 Å². The van der Waals surface area contributed by atoms with E-state index in [1.807, 2.05) is 0 Å². The average Bonchev–Trinajstić information content (AvgIpc) is 2.73. The summed E-state index contributed by atoms with van der Waals surface area (Å²) in [5, 5.41) is 0. The van der Waals surface area contributed by atoms with E-state index in [0.29, 0.717) is 6.61 Å². The van der Waals surface area contributed by atoms with E-state index in [9.17, 15) is 0 Å². The van der Waals surface area contributed by atoms with Gasteiger partial charge in [-0.25, -0.2) is 0 Å². The fourth-order valence-corrected chi connectivity index (χ4v) is 2.12. The minimum absolute atomic E-state index is 0.220. The Morgan fingerprint density at radius 3 is 2.00 bits per heavy atom. The van der Waals surface area contributed by atoms with Crippen molar-refractivity contribution in [3.8, 4) is 0 Å². The first kappa shape index (κ1) is 14.8. The van der Waals surface area contributed by atoms with E-state index in [-0.39, 0.29) is 24.4 Å². The van der Waals surface area contributed by atoms with Crippen LogP contribution in [0.25, 0.3) is 0 Å². The lowest BCUT2D eigenvalue weighted by atomic mass is 10.1. The molecule has 1 fully saturated rings. The zero-order valence-corrected chi connectivity index (χ0v) is 11.0. The van der Waals surface area contributed by atoms with Crippen LogP contribution in [0.2, 0.25) is 0 Å². The second-order valence-electron chi connectivity index (χ2n) is 3.83. The first-order valence-electron chi connectivity index (χ1n) is 5.49. The summed E-state index contributed by atoms with van der Waals surface area (Å²) in [6.45, 7) is 0.424. The minimum Gasteiger partial charge on any atom is -0.382 e. The summed E-state index contributed by atoms with van der Waals surface area (Å²) in [5.74, 6) is 0. The number of methoxy groups -OCH3 is 5. The zero-order chi connectivity index (χ0) is 12.8. The Bertz CT molecular complexity index is 212. The fourth-order valence-electron chi connectivity index (χ4n) is 2.12. The van der Waals surface area contributed by atoms with Crippen molar-refractivity contribution in [1.29, 1.82) is 0 Å². The molecular weight excluding hydrogens is 228 g/mol. The van der Waals surface area contributed by atoms with E-state index in [1.54, 1.807) is 35.5 Å². The van der Waals surface area contributed by atoms with Gasteiger partial charge in [0.15, 0.2) is 6.29 Å². The predicted octanol–water partition coefficient (Wildman–Crippen LogP) is 0.0491. The van der Waals surface area contributed by atoms with Crippen molar-refractivity contribution in [2.75, 3.05) is 42.2 Å². The molecule has 102 valence electrons. The maximum absolute atomic E-state index is 5.75. The van der Waals surface area contributed by atoms with Crippen LogP contribution in [-0.2, 0) is 28.4 Å². The first-order chi connectivity index (χ1) is 8.23. The number of hydrogen-bond donors (Lipinski definition) is 0. The Morgan fingerprint density at radius 1 is 0.941 bits per heavy atom. The highest BCUT2D eigenvalue weighted by Gasteiger charge is 2.49. The van der Waals surface area contributed by atoms with Gasteiger partial charge in [-0.3, -0.25) is 0 Å². The second kappa shape index (κ2) is 7.25. The molecule has 0 saturated carbocycles. The molecule has 0 spiro atoms. The monoisotopic (exact) mass is 250 g/mol. The van der Waals surface area contributed by atoms with E-state index in [0.717, 1.165) is 0 Å². The molecular formula is C11H22O6. The molecule has 0 aromatic carbocycles. The van der Waals surface area contributed by atoms with Crippen molar-refractivity contribution in [2.24, 2.45) is 0 Å². The normalized spacial score (nSPS) is 35.1. The summed E-state index contributed by atoms with van der Waals surface area (Å²) >= 11 is 0. The fraction of sp³-hybridized carbons (Fsp3) is 1.00. The van der Waals surface area contributed by atoms with Gasteiger partial charge in [0.25, 0.3) is 0 Å². The van der Waals surface area contributed by atoms with Crippen molar-refractivity contribution in [3.63, 3.8) is 0 Å². The molecule has 1 rings (SSSR count). The number of ether oxygens (including phenoxy) is 6. The summed E-state index contributed by atoms with van der Waals surface area (Å²) in [5.41, 5.74) is 0. The lowest BCUT2D eigenvalue weighted by molar-refractivity contribution is -0.175. The molecule has 1 aliphatic rings. The smallest absolute Gasteiger partial charge is 0.186 e. The SMILES string of the molecule is COC[C@H](OC)[C@@H]1O[C@H](OC)[C@H](OC)[C@@H]1OC. The third kappa shape index (κ3) is 3.15. The van der Waals surface area contributed by atoms with E-state index in [1.165, 1.54) is 0 Å². The molecule has 5 atom stereocenters. The van der Waals surface area contributed by atoms with Gasteiger partial charge in [0.1, 0.15) is 24.4 Å². The first-order valence-corrected chi connectivity index (χ1v) is 5.49. The van der Waals surface area contributed by atoms with Crippen molar-refractivity contribution < 1.29 is 28.4 Å². The van der Waals surface area contributed by atoms with Crippen molar-refractivity contribution >= 4 is 0 Å². The number of hydrogen-bond acceptors (Lipinski definition) is 6. The summed E-state index contributed by atoms with van der Waals surface area (Å²) in [4.78, 5) is 0. The van der Waals surface area contributed by atoms with Crippen LogP contribution in [0.15, 0.2) is 0 Å². The molecule has 1 aliphatic heterocycles. The molecule has 1 heterocycles. The molecule has 1 saturated heterocycles. The maximum atomic E-state index is 5.75. The topological polar surface area (TPSA) is 55.4 Å². The van der Waals surface area contributed by atoms with E-state index in [2.05, 4.69) is 0 Å². The Kier molecular flexibility index (Phi) is 6.32. The quantitative estimate of drug-likeness (QED) is 0.636. The van der Waals surface area contributed by atoms with Crippen LogP contribution in [0.1, 0.15) is 0 Å². The molecule has 0 radical (unpaired) electrons. The van der Waals surface area contributed by atoms with E-state index < -0.39 is 6.29 Å². The lowest BCUT2D eigenvalue weighted by Crippen LogP contribution is -2.43. The molecule has 17 heavy (non-hydrogen) atoms. The van der Waals surface area contributed by atoms with Gasteiger partial charge >= 0.3 is 0 Å². The van der Waals surface area contributed by atoms with Crippen molar-refractivity contribution in [1.82, 2.24) is 0 Å². The summed E-state index contributed by atoms with van der Waals surface area (Å²) in [6, 6.07) is 0. The van der Waals surface area contributed by atoms with Gasteiger partial charge in [-0.15, -0.1) is 0 Å². The van der Waals surface area contributed by atoms with Crippen LogP contribution in [0, 0.1) is 0 Å². The number of rotatable bonds is 7. The molecule has 0 unspecified atom stereocenters. The highest BCUT2D eigenvalue weighted by atomic mass is 16.7. The summed E-state index contributed by atoms with van der Waals surface area (Å²) in [7, 11) is 8.02. The van der Waals surface area contributed by atoms with Crippen LogP contribution in [0.4, 0.5) is 0 Å². The van der Waals surface area contributed by atoms with Crippen molar-refractivity contribution in [3.05, 3.63) is 0 Å². The van der Waals surface area contributed by atoms with Crippen LogP contribution < -0.4 is 0 Å². The summed E-state index contributed by atoms with van der Waals surface area (Å²) < 4.78 is 32.2. The van der Waals surface area contributed by atoms with Gasteiger partial charge in [-0.2, -0.15) is 0 Å². The molecule has 6 heteroatoms. The Labute approximate surface area is 102 Å². The maximum Gasteiger partial charge on any atom is 0.186 e. The third-order valence-corrected chi connectivity index (χ3v) is 2.98. The largest absolute Gasteiger partial charge is 0.382 e. The van der Waals surface area contributed by atoms with Crippen LogP contribution in [-0.4, -0.2) is 72.9 Å². The average molecular weight is 250 g/mol. The van der Waals surface area contributed by atoms with Gasteiger partial charge in [-0.05, 0) is 0 Å². The third-order valence-electron chi connectivity index (χ3n) is 2.98. The Balaban J connectivity index is 2.76. The predicted molar refractivity (Wildman–Crippen MR) is 59.9 cm³/mol. The highest BCUT2D eigenvalue weighted by molar-refractivity contribution is 4.93. The summed E-state index contributed by atoms with van der Waals surface area (Å²) in [6.07, 6.45) is -1.47. The molecule has 6 nitrogen and oxygen atoms in total. The molecule has 0 aliphatic carbocycles. The Morgan fingerprint density at radius 2 is 1.59 bits per heavy atom. The Hall–Kier alpha value is -0.240. The van der Waals surface area contributed by atoms with Crippen LogP contribution >= 0.6 is 0 Å². The van der Waals surface area contributed by atoms with Gasteiger partial charge in [0, 0.05) is 35.5 Å². The zero-order valence-electron chi connectivity index (χ0n) is 11.0. The van der Waals surface area contributed by atoms with Crippen LogP contribution in [0.3, 0.4) is 0 Å². The highest BCUT2D eigenvalue weighted by Crippen LogP contribution is 2.29. The van der Waals surface area contributed by atoms with Gasteiger partial charge in [0.2, 0.25) is 0 Å². The second-order valence-corrected chi connectivity index (χ2v) is 3.83. The molecule has 0 N–H and O–H groups in total. The van der Waals surface area contributed by atoms with E-state index >= 15 is 0 Å². The van der Waals surface area contributed by atoms with Gasteiger partial charge in [-0.1, -0.05) is 0 Å². The standard InChI is InChI=1S/C11H22O6/c1-12-6-7(13-2)8-9(14-3)10(15-4)11(16-5)17-8/h7-11H,6H2,1-5H3/t7-,8-,9+,10+,11-/m0/s1. The minimum atomic E-state index is -0.454. The molecule has 0 bridgehead atoms. The molecule has 0 amide bonds. The molecule has 0 aromatic rings. The lowest BCUT2D eigenvalue weighted by Gasteiger charge is -2.26. The molecule has 0 aromatic heterocycles. The van der Waals surface area contributed by atoms with Crippen molar-refractivity contribution in [2.45, 2.75) is 30.7 Å². The van der Waals surface area contributed by atoms with Gasteiger partial charge < -0.3 is 28.4 Å².